The molecule has 196 valence electrons. The number of nitrogens with zero attached hydrogens (tertiary/aromatic N) is 1. The van der Waals surface area contributed by atoms with Gasteiger partial charge in [0.1, 0.15) is 12.1 Å². The molecule has 0 radical (unpaired) electrons. The Bertz CT molecular complexity index is 1160. The Morgan fingerprint density at radius 3 is 2.47 bits per heavy atom. The fourth-order valence-corrected chi connectivity index (χ4v) is 5.63. The number of nitrogens with one attached hydrogen (secondary N) is 3. The maximum atomic E-state index is 13.5. The highest BCUT2D eigenvalue weighted by atomic mass is 35.5. The van der Waals surface area contributed by atoms with Gasteiger partial charge in [0.15, 0.2) is 0 Å². The van der Waals surface area contributed by atoms with Crippen molar-refractivity contribution in [2.45, 2.75) is 58.3 Å². The van der Waals surface area contributed by atoms with Crippen molar-refractivity contribution in [3.8, 4) is 0 Å². The largest absolute Gasteiger partial charge is 0.350 e. The van der Waals surface area contributed by atoms with Crippen LogP contribution in [0.25, 0.3) is 0 Å². The number of hydrogen-bond acceptors (Lipinski definition) is 4. The van der Waals surface area contributed by atoms with Crippen molar-refractivity contribution in [2.24, 2.45) is 5.92 Å². The summed E-state index contributed by atoms with van der Waals surface area (Å²) in [5.41, 5.74) is 1.51. The van der Waals surface area contributed by atoms with Crippen molar-refractivity contribution in [3.63, 3.8) is 0 Å². The number of benzene rings is 2. The number of likely N-dealkylation sites (tertiary alicyclic amines) is 1. The smallest absolute Gasteiger partial charge is 0.277 e. The van der Waals surface area contributed by atoms with E-state index < -0.39 is 28.2 Å². The summed E-state index contributed by atoms with van der Waals surface area (Å²) < 4.78 is 30.5. The molecule has 1 fully saturated rings. The fourth-order valence-electron chi connectivity index (χ4n) is 4.14. The predicted molar refractivity (Wildman–Crippen MR) is 142 cm³/mol. The number of halogens is 2. The Kier molecular flexibility index (Phi) is 10.2. The van der Waals surface area contributed by atoms with Crippen LogP contribution in [0.2, 0.25) is 10.0 Å². The van der Waals surface area contributed by atoms with Crippen LogP contribution < -0.4 is 14.8 Å². The summed E-state index contributed by atoms with van der Waals surface area (Å²) in [5, 5.41) is 3.78. The molecule has 1 aliphatic rings. The first-order valence-electron chi connectivity index (χ1n) is 11.9. The molecule has 1 heterocycles. The minimum absolute atomic E-state index is 0.0534. The van der Waals surface area contributed by atoms with Crippen molar-refractivity contribution in [3.05, 3.63) is 69.7 Å². The van der Waals surface area contributed by atoms with Crippen LogP contribution in [0.4, 0.5) is 0 Å². The third-order valence-electron chi connectivity index (χ3n) is 5.92. The van der Waals surface area contributed by atoms with Gasteiger partial charge in [-0.15, -0.1) is 0 Å². The molecule has 1 saturated heterocycles. The summed E-state index contributed by atoms with van der Waals surface area (Å²) in [5.74, 6) is -0.658. The molecule has 0 unspecified atom stereocenters. The minimum atomic E-state index is -3.96. The molecule has 0 spiro atoms. The second kappa shape index (κ2) is 12.9. The van der Waals surface area contributed by atoms with Gasteiger partial charge in [-0.1, -0.05) is 73.4 Å². The average molecular weight is 556 g/mol. The van der Waals surface area contributed by atoms with Crippen LogP contribution in [0.1, 0.15) is 44.2 Å². The molecule has 3 N–H and O–H groups in total. The van der Waals surface area contributed by atoms with Crippen molar-refractivity contribution >= 4 is 45.2 Å². The molecule has 0 aliphatic carbocycles. The van der Waals surface area contributed by atoms with E-state index in [1.165, 1.54) is 4.90 Å². The van der Waals surface area contributed by atoms with E-state index in [4.69, 9.17) is 23.2 Å². The van der Waals surface area contributed by atoms with Crippen LogP contribution in [-0.2, 0) is 32.9 Å². The van der Waals surface area contributed by atoms with Gasteiger partial charge in [-0.3, -0.25) is 9.59 Å². The molecular formula is C25H32Cl2N4O4S. The number of carbonyl (C=O) groups excluding carboxylic acids is 2. The van der Waals surface area contributed by atoms with Gasteiger partial charge < -0.3 is 10.2 Å². The Labute approximate surface area is 222 Å². The second-order valence-electron chi connectivity index (χ2n) is 9.25. The van der Waals surface area contributed by atoms with E-state index >= 15 is 0 Å². The number of hydrogen-bond donors (Lipinski definition) is 3. The van der Waals surface area contributed by atoms with Crippen LogP contribution in [0, 0.1) is 5.92 Å². The molecule has 2 aromatic carbocycles. The molecule has 2 aromatic rings. The maximum Gasteiger partial charge on any atom is 0.277 e. The molecule has 1 aliphatic heterocycles. The molecule has 0 saturated carbocycles. The average Bonchev–Trinajstić information content (AvgIpc) is 3.31. The predicted octanol–water partition coefficient (Wildman–Crippen LogP) is 3.64. The third-order valence-corrected chi connectivity index (χ3v) is 7.62. The molecular weight excluding hydrogens is 523 g/mol. The quantitative estimate of drug-likeness (QED) is 0.394. The van der Waals surface area contributed by atoms with Gasteiger partial charge in [0, 0.05) is 29.7 Å². The summed E-state index contributed by atoms with van der Waals surface area (Å²) in [6.45, 7) is 4.50. The standard InChI is InChI=1S/C25H32Cl2N4O4S/c1-17(2)13-22(30-36(34,35)29-15-18-7-4-3-5-8-18)25(33)31-12-6-9-23(31)24(32)28-16-19-10-11-20(26)14-21(19)27/h3-5,7-8,10-11,14,17,22-23,29-30H,6,9,12-13,15-16H2,1-2H3,(H,28,32)/t22-,23-/m0/s1. The highest BCUT2D eigenvalue weighted by Gasteiger charge is 2.38. The molecule has 0 bridgehead atoms. The van der Waals surface area contributed by atoms with Crippen LogP contribution in [0.3, 0.4) is 0 Å². The van der Waals surface area contributed by atoms with Crippen LogP contribution in [0.5, 0.6) is 0 Å². The molecule has 3 rings (SSSR count). The SMILES string of the molecule is CC(C)C[C@H](NS(=O)(=O)NCc1ccccc1)C(=O)N1CCC[C@H]1C(=O)NCc1ccc(Cl)cc1Cl. The van der Waals surface area contributed by atoms with Gasteiger partial charge in [0.05, 0.1) is 0 Å². The zero-order chi connectivity index (χ0) is 26.3. The molecule has 36 heavy (non-hydrogen) atoms. The lowest BCUT2D eigenvalue weighted by atomic mass is 10.0. The third kappa shape index (κ3) is 8.18. The van der Waals surface area contributed by atoms with Crippen molar-refractivity contribution in [1.29, 1.82) is 0 Å². The van der Waals surface area contributed by atoms with Gasteiger partial charge in [0.2, 0.25) is 11.8 Å². The van der Waals surface area contributed by atoms with Gasteiger partial charge in [0.25, 0.3) is 10.2 Å². The van der Waals surface area contributed by atoms with Crippen LogP contribution in [0.15, 0.2) is 48.5 Å². The van der Waals surface area contributed by atoms with E-state index in [-0.39, 0.29) is 24.9 Å². The number of carbonyl (C=O) groups is 2. The first-order chi connectivity index (χ1) is 17.1. The summed E-state index contributed by atoms with van der Waals surface area (Å²) in [4.78, 5) is 27.9. The Balaban J connectivity index is 1.66. The van der Waals surface area contributed by atoms with Gasteiger partial charge in [-0.2, -0.15) is 17.9 Å². The van der Waals surface area contributed by atoms with E-state index in [0.717, 1.165) is 5.56 Å². The van der Waals surface area contributed by atoms with Crippen LogP contribution >= 0.6 is 23.2 Å². The topological polar surface area (TPSA) is 108 Å². The lowest BCUT2D eigenvalue weighted by Crippen LogP contribution is -2.55. The highest BCUT2D eigenvalue weighted by Crippen LogP contribution is 2.23. The summed E-state index contributed by atoms with van der Waals surface area (Å²) in [6, 6.07) is 12.5. The number of rotatable bonds is 11. The second-order valence-corrected chi connectivity index (χ2v) is 11.6. The van der Waals surface area contributed by atoms with E-state index in [1.807, 2.05) is 44.2 Å². The van der Waals surface area contributed by atoms with Gasteiger partial charge in [-0.25, -0.2) is 0 Å². The van der Waals surface area contributed by atoms with Gasteiger partial charge >= 0.3 is 0 Å². The Morgan fingerprint density at radius 1 is 1.08 bits per heavy atom. The first kappa shape index (κ1) is 28.4. The van der Waals surface area contributed by atoms with Gasteiger partial charge in [-0.05, 0) is 48.4 Å². The normalized spacial score (nSPS) is 16.8. The molecule has 0 aromatic heterocycles. The fraction of sp³-hybridized carbons (Fsp3) is 0.440. The monoisotopic (exact) mass is 554 g/mol. The van der Waals surface area contributed by atoms with E-state index in [0.29, 0.717) is 41.4 Å². The van der Waals surface area contributed by atoms with Crippen LogP contribution in [-0.4, -0.2) is 43.8 Å². The van der Waals surface area contributed by atoms with Crippen molar-refractivity contribution < 1.29 is 18.0 Å². The maximum absolute atomic E-state index is 13.5. The summed E-state index contributed by atoms with van der Waals surface area (Å²) in [7, 11) is -3.96. The zero-order valence-electron chi connectivity index (χ0n) is 20.3. The van der Waals surface area contributed by atoms with E-state index in [1.54, 1.807) is 18.2 Å². The van der Waals surface area contributed by atoms with Crippen molar-refractivity contribution in [1.82, 2.24) is 19.7 Å². The molecule has 8 nitrogen and oxygen atoms in total. The molecule has 2 atom stereocenters. The zero-order valence-corrected chi connectivity index (χ0v) is 22.7. The lowest BCUT2D eigenvalue weighted by molar-refractivity contribution is -0.140. The highest BCUT2D eigenvalue weighted by molar-refractivity contribution is 7.87. The molecule has 11 heteroatoms. The van der Waals surface area contributed by atoms with E-state index in [2.05, 4.69) is 14.8 Å². The Hall–Kier alpha value is -2.17. The lowest BCUT2D eigenvalue weighted by Gasteiger charge is -2.29. The van der Waals surface area contributed by atoms with E-state index in [9.17, 15) is 18.0 Å². The number of amides is 2. The first-order valence-corrected chi connectivity index (χ1v) is 14.1. The van der Waals surface area contributed by atoms with Crippen molar-refractivity contribution in [2.75, 3.05) is 6.54 Å². The Morgan fingerprint density at radius 2 is 1.81 bits per heavy atom. The summed E-state index contributed by atoms with van der Waals surface area (Å²) in [6.07, 6.45) is 1.45. The molecule has 2 amide bonds. The summed E-state index contributed by atoms with van der Waals surface area (Å²) >= 11 is 12.1. The minimum Gasteiger partial charge on any atom is -0.350 e.